The Kier molecular flexibility index (Phi) is 8.69. The van der Waals surface area contributed by atoms with E-state index in [0.29, 0.717) is 40.7 Å². The topological polar surface area (TPSA) is 154 Å². The Morgan fingerprint density at radius 2 is 2.05 bits per heavy atom. The lowest BCUT2D eigenvalue weighted by molar-refractivity contribution is -0.134. The average molecular weight is 538 g/mol. The van der Waals surface area contributed by atoms with Gasteiger partial charge in [0.2, 0.25) is 15.9 Å². The fraction of sp³-hybridized carbons (Fsp3) is 0.542. The highest BCUT2D eigenvalue weighted by molar-refractivity contribution is 7.92. The van der Waals surface area contributed by atoms with Crippen molar-refractivity contribution < 1.29 is 32.4 Å². The number of anilines is 2. The lowest BCUT2D eigenvalue weighted by Crippen LogP contribution is -2.48. The lowest BCUT2D eigenvalue weighted by Gasteiger charge is -2.34. The van der Waals surface area contributed by atoms with Gasteiger partial charge in [0.25, 0.3) is 0 Å². The highest BCUT2D eigenvalue weighted by atomic mass is 32.2. The number of aliphatic hydroxyl groups excluding tert-OH is 1. The molecule has 0 radical (unpaired) electrons. The summed E-state index contributed by atoms with van der Waals surface area (Å²) in [6, 6.07) is 3.93. The number of carbonyl (C=O) groups is 2. The zero-order valence-electron chi connectivity index (χ0n) is 21.9. The predicted octanol–water partition coefficient (Wildman–Crippen LogP) is 1.98. The van der Waals surface area contributed by atoms with Gasteiger partial charge in [-0.05, 0) is 39.0 Å². The van der Waals surface area contributed by atoms with Gasteiger partial charge in [-0.1, -0.05) is 12.1 Å². The number of hydrogen-bond acceptors (Lipinski definition) is 8. The van der Waals surface area contributed by atoms with Crippen LogP contribution in [0.25, 0.3) is 0 Å². The smallest absolute Gasteiger partial charge is 0.321 e. The summed E-state index contributed by atoms with van der Waals surface area (Å²) in [5, 5.41) is 16.4. The van der Waals surface area contributed by atoms with Crippen LogP contribution in [-0.2, 0) is 21.2 Å². The van der Waals surface area contributed by atoms with Gasteiger partial charge < -0.3 is 29.5 Å². The molecular formula is C24H35N5O7S. The van der Waals surface area contributed by atoms with Gasteiger partial charge in [0, 0.05) is 30.8 Å². The first-order valence-electron chi connectivity index (χ1n) is 11.9. The minimum absolute atomic E-state index is 0.0409. The van der Waals surface area contributed by atoms with Gasteiger partial charge in [-0.25, -0.2) is 13.2 Å². The molecule has 0 saturated heterocycles. The molecule has 204 valence electrons. The number of benzene rings is 1. The predicted molar refractivity (Wildman–Crippen MR) is 138 cm³/mol. The molecule has 0 bridgehead atoms. The number of carbonyl (C=O) groups excluding carboxylic acids is 2. The monoisotopic (exact) mass is 537 g/mol. The van der Waals surface area contributed by atoms with Crippen molar-refractivity contribution in [1.29, 1.82) is 0 Å². The summed E-state index contributed by atoms with van der Waals surface area (Å²) in [5.41, 5.74) is 1.87. The zero-order valence-corrected chi connectivity index (χ0v) is 22.8. The lowest BCUT2D eigenvalue weighted by atomic mass is 10.0. The van der Waals surface area contributed by atoms with Crippen molar-refractivity contribution in [3.05, 3.63) is 35.2 Å². The van der Waals surface area contributed by atoms with E-state index < -0.39 is 22.2 Å². The van der Waals surface area contributed by atoms with Crippen LogP contribution in [0.15, 0.2) is 22.7 Å². The number of hydrogen-bond donors (Lipinski definition) is 3. The third kappa shape index (κ3) is 7.13. The van der Waals surface area contributed by atoms with Crippen LogP contribution in [0.3, 0.4) is 0 Å². The molecule has 3 rings (SSSR count). The van der Waals surface area contributed by atoms with Crippen LogP contribution >= 0.6 is 0 Å². The number of nitrogens with zero attached hydrogens (tertiary/aromatic N) is 3. The third-order valence-corrected chi connectivity index (χ3v) is 6.89. The largest absolute Gasteiger partial charge is 0.488 e. The van der Waals surface area contributed by atoms with Crippen molar-refractivity contribution >= 4 is 33.3 Å². The number of aliphatic hydroxyl groups is 1. The summed E-state index contributed by atoms with van der Waals surface area (Å²) in [5.74, 6) is 0.472. The fourth-order valence-corrected chi connectivity index (χ4v) is 4.70. The van der Waals surface area contributed by atoms with Gasteiger partial charge in [-0.15, -0.1) is 0 Å². The van der Waals surface area contributed by atoms with Gasteiger partial charge in [0.05, 0.1) is 31.9 Å². The number of likely N-dealkylation sites (N-methyl/N-ethyl adjacent to an activating group) is 1. The Labute approximate surface area is 217 Å². The Balaban J connectivity index is 1.91. The second kappa shape index (κ2) is 11.4. The van der Waals surface area contributed by atoms with Crippen molar-refractivity contribution in [3.8, 4) is 5.75 Å². The van der Waals surface area contributed by atoms with Crippen LogP contribution in [0.1, 0.15) is 30.9 Å². The average Bonchev–Trinajstić information content (AvgIpc) is 3.14. The highest BCUT2D eigenvalue weighted by Crippen LogP contribution is 2.29. The first-order valence-corrected chi connectivity index (χ1v) is 13.8. The quantitative estimate of drug-likeness (QED) is 0.484. The SMILES string of the molecule is Cc1noc(C)c1NC(=O)N(C)C[C@@H]1Oc2ccc(NS(C)(=O)=O)cc2CC(=O)N([C@H](C)CO)C[C@H]1C. The molecule has 1 aliphatic rings. The summed E-state index contributed by atoms with van der Waals surface area (Å²) in [6.07, 6.45) is 0.482. The molecule has 2 heterocycles. The fourth-order valence-electron chi connectivity index (χ4n) is 4.14. The molecule has 1 aromatic carbocycles. The highest BCUT2D eigenvalue weighted by Gasteiger charge is 2.32. The van der Waals surface area contributed by atoms with Gasteiger partial charge in [0.15, 0.2) is 5.76 Å². The molecule has 13 heteroatoms. The Bertz CT molecular complexity index is 1230. The Morgan fingerprint density at radius 3 is 2.65 bits per heavy atom. The maximum Gasteiger partial charge on any atom is 0.321 e. The number of nitrogens with one attached hydrogen (secondary N) is 2. The molecule has 0 spiro atoms. The van der Waals surface area contributed by atoms with Crippen molar-refractivity contribution in [3.63, 3.8) is 0 Å². The molecule has 0 fully saturated rings. The van der Waals surface area contributed by atoms with Gasteiger partial charge in [-0.3, -0.25) is 9.52 Å². The summed E-state index contributed by atoms with van der Waals surface area (Å²) in [6.45, 7) is 7.38. The second-order valence-electron chi connectivity index (χ2n) is 9.59. The van der Waals surface area contributed by atoms with Crippen LogP contribution in [0.2, 0.25) is 0 Å². The molecule has 1 aliphatic heterocycles. The number of rotatable bonds is 7. The molecular weight excluding hydrogens is 502 g/mol. The Morgan fingerprint density at radius 1 is 1.35 bits per heavy atom. The number of fused-ring (bicyclic) bond motifs is 1. The van der Waals surface area contributed by atoms with Gasteiger partial charge >= 0.3 is 6.03 Å². The molecule has 12 nitrogen and oxygen atoms in total. The van der Waals surface area contributed by atoms with Gasteiger partial charge in [-0.2, -0.15) is 0 Å². The normalized spacial score (nSPS) is 19.1. The van der Waals surface area contributed by atoms with E-state index in [2.05, 4.69) is 15.2 Å². The second-order valence-corrected chi connectivity index (χ2v) is 11.3. The molecule has 0 saturated carbocycles. The van der Waals surface area contributed by atoms with Crippen LogP contribution in [0.5, 0.6) is 5.75 Å². The van der Waals surface area contributed by atoms with Crippen molar-refractivity contribution in [2.24, 2.45) is 5.92 Å². The molecule has 3 N–H and O–H groups in total. The van der Waals surface area contributed by atoms with E-state index in [1.165, 1.54) is 4.90 Å². The number of ether oxygens (including phenoxy) is 1. The number of aryl methyl sites for hydroxylation is 2. The van der Waals surface area contributed by atoms with Crippen molar-refractivity contribution in [2.45, 2.75) is 46.3 Å². The molecule has 3 amide bonds. The van der Waals surface area contributed by atoms with Gasteiger partial charge in [0.1, 0.15) is 23.2 Å². The van der Waals surface area contributed by atoms with E-state index in [9.17, 15) is 23.1 Å². The standard InChI is InChI=1S/C24H35N5O7S/c1-14-11-29(15(2)13-30)22(31)10-18-9-19(27-37(6,33)34)7-8-20(18)35-21(14)12-28(5)24(32)25-23-16(3)26-36-17(23)4/h7-9,14-15,21,27,30H,10-13H2,1-6H3,(H,25,32)/t14-,15-,21+/m1/s1. The molecule has 0 unspecified atom stereocenters. The number of aromatic nitrogens is 1. The summed E-state index contributed by atoms with van der Waals surface area (Å²) >= 11 is 0. The summed E-state index contributed by atoms with van der Waals surface area (Å²) in [7, 11) is -1.89. The van der Waals surface area contributed by atoms with Crippen molar-refractivity contribution in [1.82, 2.24) is 15.0 Å². The first kappa shape index (κ1) is 28.3. The van der Waals surface area contributed by atoms with E-state index >= 15 is 0 Å². The maximum absolute atomic E-state index is 13.2. The molecule has 1 aromatic heterocycles. The zero-order chi connectivity index (χ0) is 27.5. The van der Waals surface area contributed by atoms with Crippen LogP contribution in [0, 0.1) is 19.8 Å². The minimum Gasteiger partial charge on any atom is -0.488 e. The van der Waals surface area contributed by atoms with E-state index in [-0.39, 0.29) is 37.4 Å². The summed E-state index contributed by atoms with van der Waals surface area (Å²) < 4.78 is 37.3. The van der Waals surface area contributed by atoms with E-state index in [1.807, 2.05) is 6.92 Å². The first-order chi connectivity index (χ1) is 17.3. The van der Waals surface area contributed by atoms with E-state index in [0.717, 1.165) is 6.26 Å². The van der Waals surface area contributed by atoms with E-state index in [1.54, 1.807) is 50.9 Å². The van der Waals surface area contributed by atoms with E-state index in [4.69, 9.17) is 9.26 Å². The number of sulfonamides is 1. The van der Waals surface area contributed by atoms with Crippen molar-refractivity contribution in [2.75, 3.05) is 43.0 Å². The van der Waals surface area contributed by atoms with Crippen LogP contribution < -0.4 is 14.8 Å². The van der Waals surface area contributed by atoms with Crippen LogP contribution in [0.4, 0.5) is 16.2 Å². The number of amides is 3. The molecule has 37 heavy (non-hydrogen) atoms. The third-order valence-electron chi connectivity index (χ3n) is 6.29. The molecule has 3 atom stereocenters. The minimum atomic E-state index is -3.52. The van der Waals surface area contributed by atoms with Crippen LogP contribution in [-0.4, -0.2) is 85.6 Å². The molecule has 2 aromatic rings. The Hall–Kier alpha value is -3.32. The number of urea groups is 1. The molecule has 0 aliphatic carbocycles. The summed E-state index contributed by atoms with van der Waals surface area (Å²) in [4.78, 5) is 29.2. The maximum atomic E-state index is 13.2.